The summed E-state index contributed by atoms with van der Waals surface area (Å²) in [6.45, 7) is 5.18. The Balaban J connectivity index is 1.57. The number of imide groups is 1. The van der Waals surface area contributed by atoms with Crippen molar-refractivity contribution in [3.05, 3.63) is 35.4 Å². The molecule has 3 fully saturated rings. The van der Waals surface area contributed by atoms with Crippen LogP contribution in [-0.2, 0) is 25.6 Å². The Hall–Kier alpha value is -2.98. The van der Waals surface area contributed by atoms with Gasteiger partial charge in [0, 0.05) is 45.0 Å². The molecule has 1 aromatic carbocycles. The lowest BCUT2D eigenvalue weighted by Crippen LogP contribution is -2.66. The molecular formula is C29H42N4O6. The van der Waals surface area contributed by atoms with Crippen LogP contribution in [0.25, 0.3) is 0 Å². The van der Waals surface area contributed by atoms with Crippen molar-refractivity contribution >= 4 is 23.8 Å². The van der Waals surface area contributed by atoms with Gasteiger partial charge >= 0.3 is 6.03 Å². The van der Waals surface area contributed by atoms with E-state index in [0.717, 1.165) is 31.2 Å². The second-order valence-electron chi connectivity index (χ2n) is 11.1. The molecule has 0 bridgehead atoms. The number of ether oxygens (including phenoxy) is 2. The van der Waals surface area contributed by atoms with Crippen LogP contribution in [0, 0.1) is 5.92 Å². The molecule has 1 saturated carbocycles. The molecule has 214 valence electrons. The van der Waals surface area contributed by atoms with Crippen LogP contribution >= 0.6 is 0 Å². The summed E-state index contributed by atoms with van der Waals surface area (Å²) < 4.78 is 11.3. The summed E-state index contributed by atoms with van der Waals surface area (Å²) >= 11 is 0. The van der Waals surface area contributed by atoms with E-state index < -0.39 is 18.0 Å². The smallest absolute Gasteiger partial charge is 0.327 e. The summed E-state index contributed by atoms with van der Waals surface area (Å²) in [4.78, 5) is 58.0. The van der Waals surface area contributed by atoms with E-state index in [0.29, 0.717) is 31.5 Å². The second-order valence-corrected chi connectivity index (χ2v) is 11.1. The summed E-state index contributed by atoms with van der Waals surface area (Å²) in [6.07, 6.45) is 4.41. The number of benzene rings is 1. The zero-order chi connectivity index (χ0) is 28.1. The third-order valence-electron chi connectivity index (χ3n) is 8.15. The Morgan fingerprint density at radius 3 is 2.15 bits per heavy atom. The van der Waals surface area contributed by atoms with Crippen molar-refractivity contribution in [1.82, 2.24) is 20.0 Å². The van der Waals surface area contributed by atoms with Crippen molar-refractivity contribution < 1.29 is 28.7 Å². The highest BCUT2D eigenvalue weighted by Gasteiger charge is 2.52. The van der Waals surface area contributed by atoms with Crippen LogP contribution in [0.15, 0.2) is 24.3 Å². The average Bonchev–Trinajstić information content (AvgIpc) is 3.22. The van der Waals surface area contributed by atoms with Crippen molar-refractivity contribution in [3.8, 4) is 0 Å². The average molecular weight is 543 g/mol. The lowest BCUT2D eigenvalue weighted by molar-refractivity contribution is -0.154. The number of methoxy groups -OCH3 is 2. The number of hydrogen-bond donors (Lipinski definition) is 1. The van der Waals surface area contributed by atoms with Crippen LogP contribution in [0.5, 0.6) is 0 Å². The Morgan fingerprint density at radius 2 is 1.56 bits per heavy atom. The molecule has 5 amide bonds. The van der Waals surface area contributed by atoms with E-state index in [1.54, 1.807) is 43.4 Å². The van der Waals surface area contributed by atoms with E-state index >= 15 is 0 Å². The first kappa shape index (κ1) is 29.0. The summed E-state index contributed by atoms with van der Waals surface area (Å²) in [6, 6.07) is 6.02. The minimum atomic E-state index is -0.493. The van der Waals surface area contributed by atoms with Crippen molar-refractivity contribution in [2.24, 2.45) is 5.92 Å². The van der Waals surface area contributed by atoms with Crippen LogP contribution in [0.2, 0.25) is 0 Å². The van der Waals surface area contributed by atoms with Gasteiger partial charge in [0.2, 0.25) is 11.8 Å². The lowest BCUT2D eigenvalue weighted by atomic mass is 9.78. The highest BCUT2D eigenvalue weighted by molar-refractivity contribution is 6.00. The van der Waals surface area contributed by atoms with E-state index in [1.807, 2.05) is 18.7 Å². The van der Waals surface area contributed by atoms with Gasteiger partial charge in [0.15, 0.2) is 0 Å². The molecule has 2 aliphatic heterocycles. The first-order valence-electron chi connectivity index (χ1n) is 14.1. The van der Waals surface area contributed by atoms with Gasteiger partial charge in [-0.05, 0) is 57.2 Å². The van der Waals surface area contributed by atoms with Gasteiger partial charge in [-0.1, -0.05) is 25.0 Å². The standard InChI is InChI=1S/C29H42N4O6/c1-19(2)30-27(35)21-11-9-20(10-12-21)17-33-28(36)22-15-24(38-3)25(39-4)16-23(22)32(29(33)37)18-26(34)31-13-7-5-6-8-14-31/h9-12,19,22-25H,5-8,13-18H2,1-4H3,(H,30,35). The van der Waals surface area contributed by atoms with Crippen molar-refractivity contribution in [1.29, 1.82) is 0 Å². The van der Waals surface area contributed by atoms with E-state index in [4.69, 9.17) is 9.47 Å². The number of rotatable bonds is 8. The molecular weight excluding hydrogens is 500 g/mol. The largest absolute Gasteiger partial charge is 0.379 e. The lowest BCUT2D eigenvalue weighted by Gasteiger charge is -2.49. The van der Waals surface area contributed by atoms with Crippen molar-refractivity contribution in [3.63, 3.8) is 0 Å². The fourth-order valence-electron chi connectivity index (χ4n) is 6.00. The molecule has 0 spiro atoms. The van der Waals surface area contributed by atoms with Gasteiger partial charge in [0.1, 0.15) is 6.54 Å². The summed E-state index contributed by atoms with van der Waals surface area (Å²) in [5.41, 5.74) is 1.23. The van der Waals surface area contributed by atoms with Gasteiger partial charge in [0.25, 0.3) is 5.91 Å². The summed E-state index contributed by atoms with van der Waals surface area (Å²) in [5.74, 6) is -1.02. The van der Waals surface area contributed by atoms with E-state index in [1.165, 1.54) is 4.90 Å². The number of carbonyl (C=O) groups excluding carboxylic acids is 4. The SMILES string of the molecule is COC1CC2C(=O)N(Cc3ccc(C(=O)NC(C)C)cc3)C(=O)N(CC(=O)N3CCCCCC3)C2CC1OC. The highest BCUT2D eigenvalue weighted by Crippen LogP contribution is 2.37. The zero-order valence-corrected chi connectivity index (χ0v) is 23.6. The number of hydrogen-bond acceptors (Lipinski definition) is 6. The molecule has 1 aromatic rings. The zero-order valence-electron chi connectivity index (χ0n) is 23.6. The number of likely N-dealkylation sites (tertiary alicyclic amines) is 1. The molecule has 4 rings (SSSR count). The molecule has 2 heterocycles. The Kier molecular flexibility index (Phi) is 9.61. The molecule has 2 saturated heterocycles. The molecule has 39 heavy (non-hydrogen) atoms. The van der Waals surface area contributed by atoms with Gasteiger partial charge in [-0.2, -0.15) is 0 Å². The molecule has 0 radical (unpaired) electrons. The van der Waals surface area contributed by atoms with Gasteiger partial charge < -0.3 is 24.6 Å². The fourth-order valence-corrected chi connectivity index (χ4v) is 6.00. The Labute approximate surface area is 231 Å². The number of carbonyl (C=O) groups is 4. The van der Waals surface area contributed by atoms with E-state index in [9.17, 15) is 19.2 Å². The van der Waals surface area contributed by atoms with Crippen LogP contribution in [0.4, 0.5) is 4.79 Å². The number of fused-ring (bicyclic) bond motifs is 1. The third kappa shape index (κ3) is 6.61. The van der Waals surface area contributed by atoms with E-state index in [-0.39, 0.29) is 49.1 Å². The third-order valence-corrected chi connectivity index (χ3v) is 8.15. The minimum absolute atomic E-state index is 0.0147. The van der Waals surface area contributed by atoms with Gasteiger partial charge in [0.05, 0.1) is 24.7 Å². The molecule has 4 unspecified atom stereocenters. The molecule has 3 aliphatic rings. The first-order chi connectivity index (χ1) is 18.7. The minimum Gasteiger partial charge on any atom is -0.379 e. The topological polar surface area (TPSA) is 108 Å². The van der Waals surface area contributed by atoms with Gasteiger partial charge in [-0.15, -0.1) is 0 Å². The number of urea groups is 1. The number of nitrogens with one attached hydrogen (secondary N) is 1. The van der Waals surface area contributed by atoms with Crippen LogP contribution in [-0.4, -0.2) is 96.6 Å². The Morgan fingerprint density at radius 1 is 0.949 bits per heavy atom. The monoisotopic (exact) mass is 542 g/mol. The molecule has 0 aromatic heterocycles. The summed E-state index contributed by atoms with van der Waals surface area (Å²) in [7, 11) is 3.21. The van der Waals surface area contributed by atoms with Crippen LogP contribution < -0.4 is 5.32 Å². The molecule has 1 aliphatic carbocycles. The fraction of sp³-hybridized carbons (Fsp3) is 0.655. The predicted molar refractivity (Wildman–Crippen MR) is 145 cm³/mol. The maximum Gasteiger partial charge on any atom is 0.327 e. The predicted octanol–water partition coefficient (Wildman–Crippen LogP) is 2.80. The van der Waals surface area contributed by atoms with Crippen LogP contribution in [0.1, 0.15) is 68.3 Å². The quantitative estimate of drug-likeness (QED) is 0.541. The van der Waals surface area contributed by atoms with Crippen LogP contribution in [0.3, 0.4) is 0 Å². The maximum atomic E-state index is 13.8. The Bertz CT molecular complexity index is 1040. The van der Waals surface area contributed by atoms with Crippen molar-refractivity contribution in [2.45, 2.75) is 83.2 Å². The first-order valence-corrected chi connectivity index (χ1v) is 14.1. The molecule has 10 nitrogen and oxygen atoms in total. The number of nitrogens with zero attached hydrogens (tertiary/aromatic N) is 3. The number of amides is 5. The summed E-state index contributed by atoms with van der Waals surface area (Å²) in [5, 5.41) is 2.86. The highest BCUT2D eigenvalue weighted by atomic mass is 16.5. The molecule has 10 heteroatoms. The molecule has 4 atom stereocenters. The molecule has 1 N–H and O–H groups in total. The maximum absolute atomic E-state index is 13.8. The normalized spacial score (nSPS) is 25.9. The van der Waals surface area contributed by atoms with Gasteiger partial charge in [-0.25, -0.2) is 4.79 Å². The van der Waals surface area contributed by atoms with Gasteiger partial charge in [-0.3, -0.25) is 19.3 Å². The second kappa shape index (κ2) is 12.9. The van der Waals surface area contributed by atoms with E-state index in [2.05, 4.69) is 5.32 Å². The van der Waals surface area contributed by atoms with Crippen molar-refractivity contribution in [2.75, 3.05) is 33.9 Å².